The molecule has 0 spiro atoms. The Labute approximate surface area is 89.2 Å². The molecule has 1 aromatic heterocycles. The summed E-state index contributed by atoms with van der Waals surface area (Å²) >= 11 is 0. The maximum atomic E-state index is 4.06. The smallest absolute Gasteiger partial charge is 0.127 e. The molecule has 0 bridgehead atoms. The van der Waals surface area contributed by atoms with Crippen LogP contribution in [-0.4, -0.2) is 34.8 Å². The Kier molecular flexibility index (Phi) is 2.23. The number of nitrogens with one attached hydrogen (secondary N) is 3. The highest BCUT2D eigenvalue weighted by molar-refractivity contribution is 5.15. The maximum Gasteiger partial charge on any atom is 0.127 e. The van der Waals surface area contributed by atoms with Crippen LogP contribution in [0.25, 0.3) is 0 Å². The van der Waals surface area contributed by atoms with Crippen molar-refractivity contribution in [2.45, 2.75) is 24.9 Å². The average molecular weight is 207 g/mol. The second-order valence-corrected chi connectivity index (χ2v) is 4.27. The molecule has 1 aromatic rings. The summed E-state index contributed by atoms with van der Waals surface area (Å²) in [6.07, 6.45) is 5.41. The first-order valence-electron chi connectivity index (χ1n) is 5.68. The van der Waals surface area contributed by atoms with Crippen molar-refractivity contribution >= 4 is 0 Å². The lowest BCUT2D eigenvalue weighted by Crippen LogP contribution is -2.56. The van der Waals surface area contributed by atoms with E-state index in [0.29, 0.717) is 0 Å². The van der Waals surface area contributed by atoms with Gasteiger partial charge in [0.15, 0.2) is 0 Å². The number of hydrogen-bond donors (Lipinski definition) is 3. The van der Waals surface area contributed by atoms with E-state index in [1.807, 2.05) is 6.20 Å². The monoisotopic (exact) mass is 207 g/mol. The lowest BCUT2D eigenvalue weighted by atomic mass is 10.0. The van der Waals surface area contributed by atoms with Gasteiger partial charge in [-0.15, -0.1) is 0 Å². The Bertz CT molecular complexity index is 309. The highest BCUT2D eigenvalue weighted by atomic mass is 15.6. The van der Waals surface area contributed by atoms with Crippen LogP contribution in [0.15, 0.2) is 12.3 Å². The number of hydrogen-bond acceptors (Lipinski definition) is 4. The van der Waals surface area contributed by atoms with E-state index in [2.05, 4.69) is 32.0 Å². The minimum Gasteiger partial charge on any atom is -0.293 e. The predicted octanol–water partition coefficient (Wildman–Crippen LogP) is 0.156. The van der Waals surface area contributed by atoms with Gasteiger partial charge in [-0.1, -0.05) is 0 Å². The number of aromatic amines is 1. The van der Waals surface area contributed by atoms with E-state index >= 15 is 0 Å². The van der Waals surface area contributed by atoms with E-state index in [9.17, 15) is 0 Å². The highest BCUT2D eigenvalue weighted by Crippen LogP contribution is 2.33. The van der Waals surface area contributed by atoms with E-state index in [1.165, 1.54) is 18.5 Å². The number of aromatic nitrogens is 2. The van der Waals surface area contributed by atoms with Gasteiger partial charge in [0.2, 0.25) is 0 Å². The van der Waals surface area contributed by atoms with Crippen molar-refractivity contribution in [3.8, 4) is 0 Å². The molecule has 0 amide bonds. The van der Waals surface area contributed by atoms with Gasteiger partial charge in [0.1, 0.15) is 5.66 Å². The van der Waals surface area contributed by atoms with Gasteiger partial charge in [-0.05, 0) is 31.9 Å². The summed E-state index contributed by atoms with van der Waals surface area (Å²) in [6, 6.07) is 2.07. The summed E-state index contributed by atoms with van der Waals surface area (Å²) in [4.78, 5) is 0. The van der Waals surface area contributed by atoms with Gasteiger partial charge in [-0.2, -0.15) is 5.10 Å². The second-order valence-electron chi connectivity index (χ2n) is 4.27. The van der Waals surface area contributed by atoms with Crippen molar-refractivity contribution in [2.75, 3.05) is 19.6 Å². The van der Waals surface area contributed by atoms with Gasteiger partial charge in [-0.25, -0.2) is 5.01 Å². The molecule has 82 valence electrons. The van der Waals surface area contributed by atoms with E-state index < -0.39 is 0 Å². The van der Waals surface area contributed by atoms with Gasteiger partial charge in [0, 0.05) is 19.3 Å². The number of H-pyrrole nitrogens is 1. The number of hydrazine groups is 1. The first-order valence-corrected chi connectivity index (χ1v) is 5.68. The fraction of sp³-hybridized carbons (Fsp3) is 0.700. The SMILES string of the molecule is c1cc(C2(N3CCCN3)CCCN2)[nH]n1. The third-order valence-corrected chi connectivity index (χ3v) is 3.40. The normalized spacial score (nSPS) is 32.5. The fourth-order valence-electron chi connectivity index (χ4n) is 2.68. The van der Waals surface area contributed by atoms with Crippen molar-refractivity contribution in [1.29, 1.82) is 0 Å². The van der Waals surface area contributed by atoms with Gasteiger partial charge < -0.3 is 0 Å². The van der Waals surface area contributed by atoms with Crippen LogP contribution < -0.4 is 10.7 Å². The van der Waals surface area contributed by atoms with E-state index in [4.69, 9.17) is 0 Å². The molecule has 0 aliphatic carbocycles. The molecule has 1 unspecified atom stereocenters. The highest BCUT2D eigenvalue weighted by Gasteiger charge is 2.43. The van der Waals surface area contributed by atoms with Gasteiger partial charge in [-0.3, -0.25) is 15.8 Å². The van der Waals surface area contributed by atoms with Gasteiger partial charge in [0.05, 0.1) is 5.69 Å². The molecule has 2 saturated heterocycles. The molecule has 3 heterocycles. The van der Waals surface area contributed by atoms with Crippen LogP contribution >= 0.6 is 0 Å². The Morgan fingerprint density at radius 2 is 2.33 bits per heavy atom. The number of nitrogens with zero attached hydrogens (tertiary/aromatic N) is 2. The van der Waals surface area contributed by atoms with Crippen molar-refractivity contribution in [3.05, 3.63) is 18.0 Å². The van der Waals surface area contributed by atoms with E-state index in [0.717, 1.165) is 26.1 Å². The number of rotatable bonds is 2. The van der Waals surface area contributed by atoms with Crippen LogP contribution in [-0.2, 0) is 5.66 Å². The summed E-state index contributed by atoms with van der Waals surface area (Å²) in [5.74, 6) is 0. The molecule has 2 aliphatic heterocycles. The summed E-state index contributed by atoms with van der Waals surface area (Å²) in [5, 5.41) is 13.1. The van der Waals surface area contributed by atoms with Gasteiger partial charge >= 0.3 is 0 Å². The quantitative estimate of drug-likeness (QED) is 0.646. The minimum absolute atomic E-state index is 0.0486. The van der Waals surface area contributed by atoms with Crippen molar-refractivity contribution in [2.24, 2.45) is 0 Å². The van der Waals surface area contributed by atoms with Crippen molar-refractivity contribution in [3.63, 3.8) is 0 Å². The second kappa shape index (κ2) is 3.59. The largest absolute Gasteiger partial charge is 0.293 e. The third kappa shape index (κ3) is 1.39. The Morgan fingerprint density at radius 3 is 2.93 bits per heavy atom. The molecular formula is C10H17N5. The first-order chi connectivity index (χ1) is 7.42. The third-order valence-electron chi connectivity index (χ3n) is 3.40. The molecular weight excluding hydrogens is 190 g/mol. The van der Waals surface area contributed by atoms with Crippen LogP contribution in [0, 0.1) is 0 Å². The first kappa shape index (κ1) is 9.33. The molecule has 3 rings (SSSR count). The van der Waals surface area contributed by atoms with Crippen LogP contribution in [0.1, 0.15) is 25.0 Å². The molecule has 5 nitrogen and oxygen atoms in total. The maximum absolute atomic E-state index is 4.06. The summed E-state index contributed by atoms with van der Waals surface area (Å²) < 4.78 is 0. The molecule has 5 heteroatoms. The summed E-state index contributed by atoms with van der Waals surface area (Å²) in [6.45, 7) is 3.26. The van der Waals surface area contributed by atoms with Crippen LogP contribution in [0.5, 0.6) is 0 Å². The predicted molar refractivity (Wildman–Crippen MR) is 56.8 cm³/mol. The Morgan fingerprint density at radius 1 is 1.33 bits per heavy atom. The van der Waals surface area contributed by atoms with Gasteiger partial charge in [0.25, 0.3) is 0 Å². The zero-order valence-electron chi connectivity index (χ0n) is 8.79. The Hall–Kier alpha value is -0.910. The molecule has 0 saturated carbocycles. The Balaban J connectivity index is 1.94. The zero-order valence-corrected chi connectivity index (χ0v) is 8.79. The molecule has 15 heavy (non-hydrogen) atoms. The average Bonchev–Trinajstić information content (AvgIpc) is 3.02. The molecule has 0 radical (unpaired) electrons. The fourth-order valence-corrected chi connectivity index (χ4v) is 2.68. The molecule has 1 atom stereocenters. The summed E-state index contributed by atoms with van der Waals surface area (Å²) in [7, 11) is 0. The summed E-state index contributed by atoms with van der Waals surface area (Å²) in [5.41, 5.74) is 4.58. The van der Waals surface area contributed by atoms with Crippen LogP contribution in [0.3, 0.4) is 0 Å². The van der Waals surface area contributed by atoms with Crippen molar-refractivity contribution in [1.82, 2.24) is 25.9 Å². The van der Waals surface area contributed by atoms with Crippen molar-refractivity contribution < 1.29 is 0 Å². The van der Waals surface area contributed by atoms with E-state index in [-0.39, 0.29) is 5.66 Å². The zero-order chi connectivity index (χ0) is 10.1. The van der Waals surface area contributed by atoms with Crippen LogP contribution in [0.2, 0.25) is 0 Å². The van der Waals surface area contributed by atoms with E-state index in [1.54, 1.807) is 0 Å². The molecule has 2 fully saturated rings. The lowest BCUT2D eigenvalue weighted by molar-refractivity contribution is 0.0455. The minimum atomic E-state index is -0.0486. The molecule has 2 aliphatic rings. The standard InChI is InChI=1S/C10H17N5/c1-4-10(11-5-1,9-3-7-12-14-9)15-8-2-6-13-15/h3,7,11,13H,1-2,4-6,8H2,(H,12,14). The topological polar surface area (TPSA) is 56.0 Å². The lowest BCUT2D eigenvalue weighted by Gasteiger charge is -2.37. The molecule has 0 aromatic carbocycles. The van der Waals surface area contributed by atoms with Crippen LogP contribution in [0.4, 0.5) is 0 Å². The molecule has 3 N–H and O–H groups in total.